The summed E-state index contributed by atoms with van der Waals surface area (Å²) in [6.07, 6.45) is -2.41. The molecule has 218 valence electrons. The highest BCUT2D eigenvalue weighted by atomic mass is 19.4. The van der Waals surface area contributed by atoms with Crippen LogP contribution in [-0.4, -0.2) is 49.0 Å². The number of nitrogens with zero attached hydrogens (tertiary/aromatic N) is 3. The second-order valence-corrected chi connectivity index (χ2v) is 10.8. The Morgan fingerprint density at radius 2 is 1.73 bits per heavy atom. The normalized spacial score (nSPS) is 16.7. The van der Waals surface area contributed by atoms with Gasteiger partial charge in [0, 0.05) is 42.0 Å². The molecule has 2 aliphatic rings. The van der Waals surface area contributed by atoms with Gasteiger partial charge in [0.2, 0.25) is 5.91 Å². The van der Waals surface area contributed by atoms with Gasteiger partial charge in [0.05, 0.1) is 37.1 Å². The first kappa shape index (κ1) is 28.5. The molecule has 41 heavy (non-hydrogen) atoms. The van der Waals surface area contributed by atoms with Crippen LogP contribution in [-0.2, 0) is 23.8 Å². The van der Waals surface area contributed by atoms with Gasteiger partial charge >= 0.3 is 6.18 Å². The van der Waals surface area contributed by atoms with Crippen molar-refractivity contribution >= 4 is 11.6 Å². The first-order chi connectivity index (χ1) is 19.5. The van der Waals surface area contributed by atoms with Gasteiger partial charge in [-0.25, -0.2) is 0 Å². The van der Waals surface area contributed by atoms with Crippen LogP contribution in [0.4, 0.5) is 18.9 Å². The van der Waals surface area contributed by atoms with E-state index in [2.05, 4.69) is 10.4 Å². The zero-order valence-electron chi connectivity index (χ0n) is 23.5. The third-order valence-electron chi connectivity index (χ3n) is 7.65. The summed E-state index contributed by atoms with van der Waals surface area (Å²) in [6.45, 7) is 4.63. The number of carbonyl (C=O) groups excluding carboxylic acids is 1. The first-order valence-corrected chi connectivity index (χ1v) is 13.7. The summed E-state index contributed by atoms with van der Waals surface area (Å²) in [5.74, 6) is 0.630. The van der Waals surface area contributed by atoms with Crippen molar-refractivity contribution in [1.82, 2.24) is 15.1 Å². The molecule has 1 fully saturated rings. The highest BCUT2D eigenvalue weighted by molar-refractivity contribution is 5.80. The summed E-state index contributed by atoms with van der Waals surface area (Å²) in [6, 6.07) is 8.87. The molecule has 1 aromatic heterocycles. The molecule has 2 aromatic carbocycles. The maximum absolute atomic E-state index is 14.3. The number of methoxy groups -OCH3 is 2. The number of rotatable bonds is 7. The molecule has 1 amide bonds. The predicted octanol–water partition coefficient (Wildman–Crippen LogP) is 4.78. The minimum atomic E-state index is -4.72. The third kappa shape index (κ3) is 5.62. The lowest BCUT2D eigenvalue weighted by Crippen LogP contribution is -2.37. The molecule has 1 N–H and O–H groups in total. The van der Waals surface area contributed by atoms with E-state index in [-0.39, 0.29) is 23.6 Å². The van der Waals surface area contributed by atoms with E-state index in [1.165, 1.54) is 26.4 Å². The Labute approximate surface area is 236 Å². The van der Waals surface area contributed by atoms with Gasteiger partial charge in [0.25, 0.3) is 5.56 Å². The molecule has 8 nitrogen and oxygen atoms in total. The molecular formula is C30H33F3N4O4. The highest BCUT2D eigenvalue weighted by Gasteiger charge is 2.37. The number of alkyl halides is 3. The lowest BCUT2D eigenvalue weighted by Gasteiger charge is -2.23. The lowest BCUT2D eigenvalue weighted by molar-refractivity contribution is -0.137. The number of ether oxygens (including phenoxy) is 2. The van der Waals surface area contributed by atoms with Crippen LogP contribution in [0.2, 0.25) is 0 Å². The summed E-state index contributed by atoms with van der Waals surface area (Å²) in [7, 11) is 3.02. The van der Waals surface area contributed by atoms with E-state index in [1.807, 2.05) is 18.7 Å². The molecular weight excluding hydrogens is 537 g/mol. The van der Waals surface area contributed by atoms with Crippen molar-refractivity contribution in [2.75, 3.05) is 32.2 Å². The van der Waals surface area contributed by atoms with Gasteiger partial charge in [-0.05, 0) is 75.4 Å². The molecule has 2 heterocycles. The highest BCUT2D eigenvalue weighted by Crippen LogP contribution is 2.38. The molecule has 0 spiro atoms. The Hall–Kier alpha value is -4.02. The smallest absolute Gasteiger partial charge is 0.418 e. The van der Waals surface area contributed by atoms with E-state index in [0.29, 0.717) is 72.8 Å². The van der Waals surface area contributed by atoms with Crippen molar-refractivity contribution < 1.29 is 27.4 Å². The summed E-state index contributed by atoms with van der Waals surface area (Å²) >= 11 is 0. The molecule has 5 rings (SSSR count). The van der Waals surface area contributed by atoms with Crippen molar-refractivity contribution in [3.63, 3.8) is 0 Å². The quantitative estimate of drug-likeness (QED) is 0.441. The van der Waals surface area contributed by atoms with E-state index in [1.54, 1.807) is 18.2 Å². The molecule has 0 saturated carbocycles. The number of fused-ring (bicyclic) bond motifs is 1. The topological polar surface area (TPSA) is 85.7 Å². The molecule has 1 unspecified atom stereocenters. The van der Waals surface area contributed by atoms with Crippen LogP contribution in [0, 0.1) is 5.92 Å². The fourth-order valence-corrected chi connectivity index (χ4v) is 5.66. The second kappa shape index (κ2) is 11.1. The first-order valence-electron chi connectivity index (χ1n) is 13.7. The molecule has 0 radical (unpaired) electrons. The van der Waals surface area contributed by atoms with E-state index in [0.717, 1.165) is 16.3 Å². The molecule has 1 aliphatic heterocycles. The third-order valence-corrected chi connectivity index (χ3v) is 7.65. The number of hydrogen-bond acceptors (Lipinski definition) is 6. The van der Waals surface area contributed by atoms with Gasteiger partial charge < -0.3 is 19.7 Å². The van der Waals surface area contributed by atoms with Gasteiger partial charge in [-0.2, -0.15) is 23.0 Å². The Morgan fingerprint density at radius 3 is 2.37 bits per heavy atom. The molecule has 11 heteroatoms. The summed E-state index contributed by atoms with van der Waals surface area (Å²) in [5, 5.41) is 7.47. The fraction of sp³-hybridized carbons (Fsp3) is 0.433. The second-order valence-electron chi connectivity index (χ2n) is 10.8. The number of aromatic nitrogens is 2. The van der Waals surface area contributed by atoms with Crippen LogP contribution >= 0.6 is 0 Å². The largest absolute Gasteiger partial charge is 0.497 e. The van der Waals surface area contributed by atoms with Crippen molar-refractivity contribution in [2.24, 2.45) is 5.92 Å². The van der Waals surface area contributed by atoms with E-state index in [9.17, 15) is 22.8 Å². The summed E-state index contributed by atoms with van der Waals surface area (Å²) in [5.41, 5.74) is 0.806. The SMILES string of the molecule is COc1cc(OC)cc(-c2nn(-c3cc(N4CCC(C(=O)NC(C)C)C4)ccc3C(F)(F)F)c(=O)c3c2CCC3)c1. The van der Waals surface area contributed by atoms with Crippen molar-refractivity contribution in [1.29, 1.82) is 0 Å². The van der Waals surface area contributed by atoms with E-state index < -0.39 is 17.3 Å². The predicted molar refractivity (Wildman–Crippen MR) is 149 cm³/mol. The van der Waals surface area contributed by atoms with Crippen molar-refractivity contribution in [3.05, 3.63) is 63.4 Å². The maximum atomic E-state index is 14.3. The Bertz CT molecular complexity index is 1510. The Balaban J connectivity index is 1.64. The number of anilines is 1. The Morgan fingerprint density at radius 1 is 1.05 bits per heavy atom. The van der Waals surface area contributed by atoms with Gasteiger partial charge in [-0.1, -0.05) is 0 Å². The van der Waals surface area contributed by atoms with Crippen molar-refractivity contribution in [2.45, 2.75) is 51.7 Å². The van der Waals surface area contributed by atoms with Crippen LogP contribution in [0.5, 0.6) is 11.5 Å². The Kier molecular flexibility index (Phi) is 7.72. The zero-order chi connectivity index (χ0) is 29.5. The molecule has 1 saturated heterocycles. The maximum Gasteiger partial charge on any atom is 0.418 e. The number of hydrogen-bond donors (Lipinski definition) is 1. The number of amides is 1. The molecule has 1 aliphatic carbocycles. The van der Waals surface area contributed by atoms with Gasteiger partial charge in [-0.15, -0.1) is 0 Å². The monoisotopic (exact) mass is 570 g/mol. The standard InChI is InChI=1S/C30H33F3N4O4/c1-17(2)34-28(38)18-10-11-36(16-18)20-8-9-25(30(31,32)33)26(14-20)37-29(39)24-7-5-6-23(24)27(35-37)19-12-21(40-3)15-22(13-19)41-4/h8-9,12-15,17-18H,5-7,10-11,16H2,1-4H3,(H,34,38). The van der Waals surface area contributed by atoms with Gasteiger partial charge in [0.1, 0.15) is 11.5 Å². The molecule has 3 aromatic rings. The number of carbonyl (C=O) groups is 1. The van der Waals surface area contributed by atoms with Crippen LogP contribution in [0.1, 0.15) is 43.4 Å². The fourth-order valence-electron chi connectivity index (χ4n) is 5.66. The number of nitrogens with one attached hydrogen (secondary N) is 1. The lowest BCUT2D eigenvalue weighted by atomic mass is 10.0. The minimum Gasteiger partial charge on any atom is -0.497 e. The van der Waals surface area contributed by atoms with E-state index in [4.69, 9.17) is 9.47 Å². The average molecular weight is 571 g/mol. The van der Waals surface area contributed by atoms with Crippen LogP contribution in [0.15, 0.2) is 41.2 Å². The number of halogens is 3. The number of benzene rings is 2. The van der Waals surface area contributed by atoms with Crippen LogP contribution < -0.4 is 25.2 Å². The van der Waals surface area contributed by atoms with Gasteiger partial charge in [0.15, 0.2) is 0 Å². The van der Waals surface area contributed by atoms with Crippen molar-refractivity contribution in [3.8, 4) is 28.4 Å². The molecule has 0 bridgehead atoms. The average Bonchev–Trinajstić information content (AvgIpc) is 3.63. The molecule has 1 atom stereocenters. The minimum absolute atomic E-state index is 0.00859. The van der Waals surface area contributed by atoms with Gasteiger partial charge in [-0.3, -0.25) is 9.59 Å². The van der Waals surface area contributed by atoms with E-state index >= 15 is 0 Å². The summed E-state index contributed by atoms with van der Waals surface area (Å²) in [4.78, 5) is 28.1. The zero-order valence-corrected chi connectivity index (χ0v) is 23.5. The summed E-state index contributed by atoms with van der Waals surface area (Å²) < 4.78 is 54.6. The van der Waals surface area contributed by atoms with Crippen LogP contribution in [0.3, 0.4) is 0 Å². The van der Waals surface area contributed by atoms with Crippen LogP contribution in [0.25, 0.3) is 16.9 Å².